The Balaban J connectivity index is 2.97. The van der Waals surface area contributed by atoms with Crippen LogP contribution in [0.5, 0.6) is 0 Å². The maximum Gasteiger partial charge on any atom is 0.0360 e. The highest BCUT2D eigenvalue weighted by molar-refractivity contribution is 5.37. The van der Waals surface area contributed by atoms with Gasteiger partial charge in [0.1, 0.15) is 0 Å². The molecule has 0 radical (unpaired) electrons. The van der Waals surface area contributed by atoms with Gasteiger partial charge in [0.25, 0.3) is 0 Å². The van der Waals surface area contributed by atoms with Crippen LogP contribution in [-0.4, -0.2) is 17.0 Å². The lowest BCUT2D eigenvalue weighted by molar-refractivity contribution is 0.213. The molecule has 0 bridgehead atoms. The van der Waals surface area contributed by atoms with Gasteiger partial charge in [-0.05, 0) is 39.7 Å². The average Bonchev–Trinajstić information content (AvgIpc) is 2.47. The number of hydrogen-bond donors (Lipinski definition) is 0. The lowest BCUT2D eigenvalue weighted by Crippen LogP contribution is -2.37. The summed E-state index contributed by atoms with van der Waals surface area (Å²) in [6.45, 7) is 13.8. The van der Waals surface area contributed by atoms with Gasteiger partial charge in [0.05, 0.1) is 0 Å². The molecule has 0 atom stereocenters. The molecule has 0 spiro atoms. The number of hydrogen-bond acceptors (Lipinski definition) is 1. The highest BCUT2D eigenvalue weighted by Crippen LogP contribution is 2.33. The number of rotatable bonds is 1. The largest absolute Gasteiger partial charge is 0.366 e. The van der Waals surface area contributed by atoms with Crippen molar-refractivity contribution in [2.75, 3.05) is 6.54 Å². The monoisotopic (exact) mass is 191 g/mol. The fraction of sp³-hybridized carbons (Fsp3) is 0.538. The Labute approximate surface area is 87.8 Å². The van der Waals surface area contributed by atoms with Gasteiger partial charge < -0.3 is 4.90 Å². The van der Waals surface area contributed by atoms with Crippen molar-refractivity contribution in [1.29, 1.82) is 0 Å². The molecule has 0 aromatic carbocycles. The Kier molecular flexibility index (Phi) is 3.20. The Bertz CT molecular complexity index is 276. The van der Waals surface area contributed by atoms with Crippen molar-refractivity contribution in [1.82, 2.24) is 4.90 Å². The molecule has 1 saturated heterocycles. The van der Waals surface area contributed by atoms with E-state index in [9.17, 15) is 0 Å². The van der Waals surface area contributed by atoms with Gasteiger partial charge in [-0.25, -0.2) is 0 Å². The van der Waals surface area contributed by atoms with E-state index in [1.54, 1.807) is 0 Å². The molecule has 0 aliphatic carbocycles. The van der Waals surface area contributed by atoms with Crippen molar-refractivity contribution < 1.29 is 0 Å². The molecule has 1 aliphatic heterocycles. The number of allylic oxidation sites excluding steroid dienone is 4. The van der Waals surface area contributed by atoms with Crippen LogP contribution in [0.4, 0.5) is 0 Å². The molecule has 78 valence electrons. The Morgan fingerprint density at radius 3 is 2.43 bits per heavy atom. The lowest BCUT2D eigenvalue weighted by atomic mass is 10.1. The van der Waals surface area contributed by atoms with Gasteiger partial charge in [0.2, 0.25) is 0 Å². The van der Waals surface area contributed by atoms with Gasteiger partial charge in [-0.3, -0.25) is 0 Å². The predicted molar refractivity (Wildman–Crippen MR) is 63.1 cm³/mol. The van der Waals surface area contributed by atoms with E-state index in [-0.39, 0.29) is 5.54 Å². The summed E-state index contributed by atoms with van der Waals surface area (Å²) < 4.78 is 0. The van der Waals surface area contributed by atoms with Crippen molar-refractivity contribution >= 4 is 0 Å². The molecule has 1 aliphatic rings. The molecule has 0 unspecified atom stereocenters. The van der Waals surface area contributed by atoms with Gasteiger partial charge in [0.15, 0.2) is 0 Å². The normalized spacial score (nSPS) is 23.6. The van der Waals surface area contributed by atoms with Crippen LogP contribution in [-0.2, 0) is 0 Å². The second-order valence-electron chi connectivity index (χ2n) is 4.67. The van der Waals surface area contributed by atoms with E-state index in [0.717, 1.165) is 13.0 Å². The van der Waals surface area contributed by atoms with E-state index >= 15 is 0 Å². The quantitative estimate of drug-likeness (QED) is 0.613. The second-order valence-corrected chi connectivity index (χ2v) is 4.67. The van der Waals surface area contributed by atoms with Gasteiger partial charge >= 0.3 is 0 Å². The molecule has 0 N–H and O–H groups in total. The first-order valence-electron chi connectivity index (χ1n) is 5.26. The zero-order chi connectivity index (χ0) is 10.8. The summed E-state index contributed by atoms with van der Waals surface area (Å²) in [6, 6.07) is 0. The minimum Gasteiger partial charge on any atom is -0.366 e. The van der Waals surface area contributed by atoms with Crippen LogP contribution in [0.25, 0.3) is 0 Å². The Morgan fingerprint density at radius 1 is 1.36 bits per heavy atom. The standard InChI is InChI=1S/C13H21N/c1-6-8-11-9-10-14(12(11)7-2)13(3,4)5/h6-8H,1,9-10H2,2-5H3/b11-8-,12-7+. The van der Waals surface area contributed by atoms with Crippen molar-refractivity contribution in [3.8, 4) is 0 Å². The Hall–Kier alpha value is -0.980. The van der Waals surface area contributed by atoms with E-state index in [0.29, 0.717) is 0 Å². The molecule has 1 fully saturated rings. The van der Waals surface area contributed by atoms with Gasteiger partial charge in [-0.15, -0.1) is 0 Å². The first-order valence-corrected chi connectivity index (χ1v) is 5.26. The lowest BCUT2D eigenvalue weighted by Gasteiger charge is -2.34. The van der Waals surface area contributed by atoms with Crippen LogP contribution in [0.1, 0.15) is 34.1 Å². The average molecular weight is 191 g/mol. The van der Waals surface area contributed by atoms with Crippen LogP contribution in [0.2, 0.25) is 0 Å². The maximum absolute atomic E-state index is 3.76. The highest BCUT2D eigenvalue weighted by Gasteiger charge is 2.29. The molecular formula is C13H21N. The summed E-state index contributed by atoms with van der Waals surface area (Å²) >= 11 is 0. The SMILES string of the molecule is C=C/C=C1/CCN(C(C)(C)C)/C1=C/C. The predicted octanol–water partition coefficient (Wildman–Crippen LogP) is 3.51. The van der Waals surface area contributed by atoms with E-state index in [1.165, 1.54) is 11.3 Å². The third kappa shape index (κ3) is 2.09. The van der Waals surface area contributed by atoms with Crippen LogP contribution in [0, 0.1) is 0 Å². The highest BCUT2D eigenvalue weighted by atomic mass is 15.2. The minimum absolute atomic E-state index is 0.221. The zero-order valence-electron chi connectivity index (χ0n) is 9.80. The zero-order valence-corrected chi connectivity index (χ0v) is 9.80. The van der Waals surface area contributed by atoms with Crippen LogP contribution in [0.3, 0.4) is 0 Å². The first kappa shape index (κ1) is 11.1. The molecule has 1 nitrogen and oxygen atoms in total. The van der Waals surface area contributed by atoms with Crippen molar-refractivity contribution in [3.63, 3.8) is 0 Å². The molecule has 1 heterocycles. The van der Waals surface area contributed by atoms with Crippen molar-refractivity contribution in [3.05, 3.63) is 36.1 Å². The third-order valence-corrected chi connectivity index (χ3v) is 2.63. The topological polar surface area (TPSA) is 3.24 Å². The molecule has 1 heteroatoms. The van der Waals surface area contributed by atoms with Gasteiger partial charge in [-0.1, -0.05) is 24.8 Å². The van der Waals surface area contributed by atoms with Crippen molar-refractivity contribution in [2.24, 2.45) is 0 Å². The number of likely N-dealkylation sites (tertiary alicyclic amines) is 1. The molecule has 0 amide bonds. The molecule has 1 rings (SSSR count). The fourth-order valence-corrected chi connectivity index (χ4v) is 2.00. The summed E-state index contributed by atoms with van der Waals surface area (Å²) in [6.07, 6.45) is 7.35. The van der Waals surface area contributed by atoms with Gasteiger partial charge in [0, 0.05) is 17.8 Å². The third-order valence-electron chi connectivity index (χ3n) is 2.63. The van der Waals surface area contributed by atoms with E-state index in [2.05, 4.69) is 51.3 Å². The maximum atomic E-state index is 3.76. The number of nitrogens with zero attached hydrogens (tertiary/aromatic N) is 1. The molecule has 0 saturated carbocycles. The van der Waals surface area contributed by atoms with Crippen LogP contribution >= 0.6 is 0 Å². The van der Waals surface area contributed by atoms with E-state index in [1.807, 2.05) is 6.08 Å². The summed E-state index contributed by atoms with van der Waals surface area (Å²) in [5, 5.41) is 0. The molecule has 14 heavy (non-hydrogen) atoms. The minimum atomic E-state index is 0.221. The van der Waals surface area contributed by atoms with Crippen LogP contribution < -0.4 is 0 Å². The Morgan fingerprint density at radius 2 is 2.00 bits per heavy atom. The fourth-order valence-electron chi connectivity index (χ4n) is 2.00. The molecule has 0 aromatic heterocycles. The molecular weight excluding hydrogens is 170 g/mol. The second kappa shape index (κ2) is 4.04. The van der Waals surface area contributed by atoms with Crippen LogP contribution in [0.15, 0.2) is 36.1 Å². The van der Waals surface area contributed by atoms with E-state index in [4.69, 9.17) is 0 Å². The summed E-state index contributed by atoms with van der Waals surface area (Å²) in [5.41, 5.74) is 3.01. The van der Waals surface area contributed by atoms with Crippen molar-refractivity contribution in [2.45, 2.75) is 39.7 Å². The smallest absolute Gasteiger partial charge is 0.0360 e. The van der Waals surface area contributed by atoms with E-state index < -0.39 is 0 Å². The summed E-state index contributed by atoms with van der Waals surface area (Å²) in [4.78, 5) is 2.46. The first-order chi connectivity index (χ1) is 6.50. The summed E-state index contributed by atoms with van der Waals surface area (Å²) in [5.74, 6) is 0. The summed E-state index contributed by atoms with van der Waals surface area (Å²) in [7, 11) is 0. The molecule has 0 aromatic rings. The van der Waals surface area contributed by atoms with Gasteiger partial charge in [-0.2, -0.15) is 0 Å².